The van der Waals surface area contributed by atoms with E-state index in [1.54, 1.807) is 0 Å². The van der Waals surface area contributed by atoms with Crippen molar-refractivity contribution in [3.05, 3.63) is 129 Å². The van der Waals surface area contributed by atoms with Gasteiger partial charge in [0.25, 0.3) is 5.91 Å². The van der Waals surface area contributed by atoms with Gasteiger partial charge in [0, 0.05) is 34.3 Å². The van der Waals surface area contributed by atoms with Crippen LogP contribution in [0.25, 0.3) is 21.3 Å². The molecule has 4 aromatic carbocycles. The summed E-state index contributed by atoms with van der Waals surface area (Å²) in [4.78, 5) is 67.3. The molecular formula is C67H85BrN6O9S. The van der Waals surface area contributed by atoms with Crippen LogP contribution in [-0.4, -0.2) is 120 Å². The Morgan fingerprint density at radius 3 is 1.87 bits per heavy atom. The van der Waals surface area contributed by atoms with Crippen LogP contribution in [0.2, 0.25) is 0 Å². The van der Waals surface area contributed by atoms with Crippen LogP contribution >= 0.6 is 27.3 Å². The van der Waals surface area contributed by atoms with E-state index in [1.807, 2.05) is 126 Å². The Balaban J connectivity index is 0.000000307. The molecule has 5 heterocycles. The molecule has 84 heavy (non-hydrogen) atoms. The Labute approximate surface area is 509 Å². The standard InChI is InChI=1S/C47H55N5O6S.C20H30BrNO3/c1-7-56-42(53)29-51-25-22-32(23-26-51)19-18-30(2)57-39-16-11-13-34(31(39)3)35-20-21-41(49-43(35)45(55)58-47(4,5)6)52-27-24-33-12-10-14-36(37(33)28-52)44(54)50-46-48-38-15-8-9-17-40(38)59-46;1-4-24-20(23)14-22-12-10-17(11-13-22)9-8-15(2)25-19-7-5-6-18(21)16(19)3/h8-17,20-21,30,32H,7,18-19,22-29H2,1-6H3,(H,48,50,54);5-7,15,17H,4,8-14H2,1-3H3. The Hall–Kier alpha value is -6.40. The van der Waals surface area contributed by atoms with E-state index >= 15 is 0 Å². The zero-order valence-electron chi connectivity index (χ0n) is 50.6. The molecule has 450 valence electrons. The molecule has 0 saturated carbocycles. The predicted molar refractivity (Wildman–Crippen MR) is 337 cm³/mol. The fourth-order valence-electron chi connectivity index (χ4n) is 11.3. The first-order valence-corrected chi connectivity index (χ1v) is 31.7. The molecule has 1 N–H and O–H groups in total. The maximum atomic E-state index is 14.0. The molecule has 0 radical (unpaired) electrons. The van der Waals surface area contributed by atoms with Crippen molar-refractivity contribution in [2.45, 2.75) is 144 Å². The summed E-state index contributed by atoms with van der Waals surface area (Å²) >= 11 is 5.00. The predicted octanol–water partition coefficient (Wildman–Crippen LogP) is 13.8. The number of halogens is 1. The van der Waals surface area contributed by atoms with Crippen LogP contribution in [0.5, 0.6) is 11.5 Å². The van der Waals surface area contributed by atoms with Crippen molar-refractivity contribution < 1.29 is 42.9 Å². The highest BCUT2D eigenvalue weighted by Gasteiger charge is 2.29. The van der Waals surface area contributed by atoms with E-state index < -0.39 is 11.6 Å². The highest BCUT2D eigenvalue weighted by Crippen LogP contribution is 2.37. The lowest BCUT2D eigenvalue weighted by Gasteiger charge is -2.32. The van der Waals surface area contributed by atoms with Crippen molar-refractivity contribution in [2.75, 3.05) is 69.2 Å². The fraction of sp³-hybridized carbons (Fsp3) is 0.493. The molecule has 1 amide bonds. The number of fused-ring (bicyclic) bond motifs is 2. The van der Waals surface area contributed by atoms with Crippen LogP contribution in [0, 0.1) is 25.7 Å². The molecule has 2 atom stereocenters. The number of benzene rings is 4. The largest absolute Gasteiger partial charge is 0.490 e. The third-order valence-electron chi connectivity index (χ3n) is 16.0. The number of anilines is 2. The number of esters is 3. The molecular weight excluding hydrogens is 1140 g/mol. The van der Waals surface area contributed by atoms with Gasteiger partial charge >= 0.3 is 17.9 Å². The van der Waals surface area contributed by atoms with Crippen molar-refractivity contribution in [1.29, 1.82) is 0 Å². The van der Waals surface area contributed by atoms with Gasteiger partial charge in [0.2, 0.25) is 0 Å². The third kappa shape index (κ3) is 17.8. The molecule has 6 aromatic rings. The Bertz CT molecular complexity index is 3170. The number of nitrogens with one attached hydrogen (secondary N) is 1. The van der Waals surface area contributed by atoms with E-state index in [2.05, 4.69) is 67.8 Å². The van der Waals surface area contributed by atoms with Crippen LogP contribution in [-0.2, 0) is 36.8 Å². The number of thiazole rings is 1. The van der Waals surface area contributed by atoms with E-state index in [0.29, 0.717) is 73.8 Å². The van der Waals surface area contributed by atoms with Crippen molar-refractivity contribution in [1.82, 2.24) is 19.8 Å². The van der Waals surface area contributed by atoms with E-state index in [1.165, 1.54) is 17.8 Å². The minimum absolute atomic E-state index is 0.0116. The monoisotopic (exact) mass is 1230 g/mol. The van der Waals surface area contributed by atoms with Crippen molar-refractivity contribution in [2.24, 2.45) is 11.8 Å². The smallest absolute Gasteiger partial charge is 0.358 e. The first-order chi connectivity index (χ1) is 40.3. The third-order valence-corrected chi connectivity index (χ3v) is 17.8. The Morgan fingerprint density at radius 1 is 0.690 bits per heavy atom. The van der Waals surface area contributed by atoms with Crippen LogP contribution in [0.1, 0.15) is 143 Å². The molecule has 3 aliphatic rings. The minimum Gasteiger partial charge on any atom is -0.490 e. The van der Waals surface area contributed by atoms with E-state index in [9.17, 15) is 19.2 Å². The average Bonchev–Trinajstić information content (AvgIpc) is 4.05. The molecule has 15 nitrogen and oxygen atoms in total. The number of ether oxygens (including phenoxy) is 5. The second-order valence-electron chi connectivity index (χ2n) is 23.5. The lowest BCUT2D eigenvalue weighted by atomic mass is 9.91. The lowest BCUT2D eigenvalue weighted by Crippen LogP contribution is -2.38. The normalized spacial score (nSPS) is 16.0. The fourth-order valence-corrected chi connectivity index (χ4v) is 12.5. The van der Waals surface area contributed by atoms with Crippen molar-refractivity contribution in [3.8, 4) is 22.6 Å². The number of piperidine rings is 2. The number of amides is 1. The van der Waals surface area contributed by atoms with Gasteiger partial charge in [-0.3, -0.25) is 29.5 Å². The van der Waals surface area contributed by atoms with Crippen LogP contribution in [0.4, 0.5) is 10.9 Å². The summed E-state index contributed by atoms with van der Waals surface area (Å²) in [5.41, 5.74) is 6.57. The summed E-state index contributed by atoms with van der Waals surface area (Å²) in [5.74, 6) is 2.72. The molecule has 2 saturated heterocycles. The van der Waals surface area contributed by atoms with E-state index in [-0.39, 0.29) is 35.7 Å². The second kappa shape index (κ2) is 30.1. The quantitative estimate of drug-likeness (QED) is 0.0535. The van der Waals surface area contributed by atoms with Gasteiger partial charge in [0.05, 0.1) is 48.7 Å². The molecule has 0 spiro atoms. The summed E-state index contributed by atoms with van der Waals surface area (Å²) in [6.45, 7) is 24.2. The molecule has 3 aliphatic heterocycles. The SMILES string of the molecule is CCOC(=O)CN1CCC(CCC(C)Oc2cccc(-c3ccc(N4CCc5cccc(C(=O)Nc6nc7ccccc7s6)c5C4)nc3C(=O)OC(C)(C)C)c2C)CC1.CCOC(=O)CN1CCC(CCC(C)Oc2cccc(Br)c2C)CC1. The Kier molecular flexibility index (Phi) is 22.8. The van der Waals surface area contributed by atoms with Crippen molar-refractivity contribution >= 4 is 72.2 Å². The Morgan fingerprint density at radius 2 is 1.27 bits per heavy atom. The van der Waals surface area contributed by atoms with Gasteiger partial charge in [-0.25, -0.2) is 14.8 Å². The zero-order valence-corrected chi connectivity index (χ0v) is 53.0. The highest BCUT2D eigenvalue weighted by molar-refractivity contribution is 9.10. The number of likely N-dealkylation sites (tertiary alicyclic amines) is 2. The highest BCUT2D eigenvalue weighted by atomic mass is 79.9. The number of nitrogens with zero attached hydrogens (tertiary/aromatic N) is 5. The van der Waals surface area contributed by atoms with Gasteiger partial charge in [0.15, 0.2) is 10.8 Å². The van der Waals surface area contributed by atoms with Gasteiger partial charge in [0.1, 0.15) is 22.9 Å². The summed E-state index contributed by atoms with van der Waals surface area (Å²) in [6, 6.07) is 29.6. The molecule has 2 aromatic heterocycles. The maximum Gasteiger partial charge on any atom is 0.358 e. The molecule has 0 aliphatic carbocycles. The molecule has 17 heteroatoms. The first kappa shape index (κ1) is 63.6. The molecule has 0 bridgehead atoms. The zero-order chi connectivity index (χ0) is 59.9. The van der Waals surface area contributed by atoms with Gasteiger partial charge in [-0.15, -0.1) is 0 Å². The topological polar surface area (TPSA) is 162 Å². The summed E-state index contributed by atoms with van der Waals surface area (Å²) in [7, 11) is 0. The van der Waals surface area contributed by atoms with Gasteiger partial charge in [-0.2, -0.15) is 0 Å². The average molecular weight is 1230 g/mol. The number of rotatable bonds is 21. The summed E-state index contributed by atoms with van der Waals surface area (Å²) < 4.78 is 30.9. The number of hydrogen-bond donors (Lipinski definition) is 1. The number of pyridine rings is 1. The first-order valence-electron chi connectivity index (χ1n) is 30.1. The number of carbonyl (C=O) groups is 4. The summed E-state index contributed by atoms with van der Waals surface area (Å²) in [5, 5.41) is 3.58. The number of carbonyl (C=O) groups excluding carboxylic acids is 4. The van der Waals surface area contributed by atoms with Crippen LogP contribution in [0.3, 0.4) is 0 Å². The maximum absolute atomic E-state index is 14.0. The molecule has 2 fully saturated rings. The van der Waals surface area contributed by atoms with Crippen LogP contribution < -0.4 is 19.7 Å². The number of hydrogen-bond acceptors (Lipinski definition) is 15. The van der Waals surface area contributed by atoms with E-state index in [4.69, 9.17) is 28.7 Å². The number of para-hydroxylation sites is 1. The minimum atomic E-state index is -0.728. The molecule has 9 rings (SSSR count). The molecule has 2 unspecified atom stereocenters. The van der Waals surface area contributed by atoms with E-state index in [0.717, 1.165) is 131 Å². The second-order valence-corrected chi connectivity index (χ2v) is 25.4. The van der Waals surface area contributed by atoms with Crippen molar-refractivity contribution in [3.63, 3.8) is 0 Å². The summed E-state index contributed by atoms with van der Waals surface area (Å²) in [6.07, 6.45) is 9.56. The van der Waals surface area contributed by atoms with Crippen LogP contribution in [0.15, 0.2) is 95.5 Å². The van der Waals surface area contributed by atoms with Gasteiger partial charge in [-0.1, -0.05) is 69.7 Å². The van der Waals surface area contributed by atoms with Gasteiger partial charge in [-0.05, 0) is 229 Å². The number of aromatic nitrogens is 2. The lowest BCUT2D eigenvalue weighted by molar-refractivity contribution is -0.145. The van der Waals surface area contributed by atoms with Gasteiger partial charge < -0.3 is 28.6 Å².